The smallest absolute Gasteiger partial charge is 0.147 e. The molecule has 0 radical (unpaired) electrons. The Morgan fingerprint density at radius 1 is 1.10 bits per heavy atom. The van der Waals surface area contributed by atoms with Crippen molar-refractivity contribution in [3.05, 3.63) is 56.2 Å². The summed E-state index contributed by atoms with van der Waals surface area (Å²) in [5.74, 6) is 0.586. The molecule has 6 heteroatoms. The third kappa shape index (κ3) is 3.64. The summed E-state index contributed by atoms with van der Waals surface area (Å²) in [7, 11) is 0. The highest BCUT2D eigenvalue weighted by Gasteiger charge is 2.11. The van der Waals surface area contributed by atoms with Crippen molar-refractivity contribution in [1.29, 1.82) is 0 Å². The van der Waals surface area contributed by atoms with Crippen LogP contribution in [0.4, 0.5) is 4.39 Å². The summed E-state index contributed by atoms with van der Waals surface area (Å²) in [4.78, 5) is 0. The highest BCUT2D eigenvalue weighted by molar-refractivity contribution is 9.10. The molecule has 0 amide bonds. The van der Waals surface area contributed by atoms with E-state index in [1.54, 1.807) is 18.2 Å². The second-order valence-electron chi connectivity index (χ2n) is 4.09. The lowest BCUT2D eigenvalue weighted by Gasteiger charge is -2.13. The predicted molar refractivity (Wildman–Crippen MR) is 83.4 cm³/mol. The largest absolute Gasteiger partial charge is 0.455 e. The molecule has 0 unspecified atom stereocenters. The molecular formula is C14H11BrCl2FNO. The van der Waals surface area contributed by atoms with Crippen molar-refractivity contribution in [3.8, 4) is 11.5 Å². The Balaban J connectivity index is 2.37. The average Bonchev–Trinajstić information content (AvgIpc) is 2.39. The molecule has 2 aromatic carbocycles. The van der Waals surface area contributed by atoms with Gasteiger partial charge in [0.1, 0.15) is 17.3 Å². The molecule has 0 spiro atoms. The summed E-state index contributed by atoms with van der Waals surface area (Å²) in [6.45, 7) is 0.397. The van der Waals surface area contributed by atoms with Gasteiger partial charge in [-0.1, -0.05) is 23.2 Å². The first-order valence-electron chi connectivity index (χ1n) is 5.82. The van der Waals surface area contributed by atoms with E-state index in [1.165, 1.54) is 12.1 Å². The molecule has 2 nitrogen and oxygen atoms in total. The Kier molecular flexibility index (Phi) is 5.27. The van der Waals surface area contributed by atoms with Gasteiger partial charge in [0.2, 0.25) is 0 Å². The fourth-order valence-corrected chi connectivity index (χ4v) is 2.53. The van der Waals surface area contributed by atoms with Crippen LogP contribution in [0.2, 0.25) is 10.0 Å². The van der Waals surface area contributed by atoms with E-state index in [1.807, 2.05) is 0 Å². The number of hydrogen-bond donors (Lipinski definition) is 1. The van der Waals surface area contributed by atoms with Crippen LogP contribution in [0, 0.1) is 5.82 Å². The number of rotatable bonds is 4. The highest BCUT2D eigenvalue weighted by atomic mass is 79.9. The zero-order valence-electron chi connectivity index (χ0n) is 10.3. The van der Waals surface area contributed by atoms with Gasteiger partial charge < -0.3 is 10.5 Å². The third-order valence-corrected chi connectivity index (χ3v) is 4.12. The van der Waals surface area contributed by atoms with Gasteiger partial charge in [-0.3, -0.25) is 0 Å². The van der Waals surface area contributed by atoms with Crippen LogP contribution in [0.25, 0.3) is 0 Å². The van der Waals surface area contributed by atoms with Crippen LogP contribution < -0.4 is 10.5 Å². The lowest BCUT2D eigenvalue weighted by Crippen LogP contribution is -2.04. The van der Waals surface area contributed by atoms with Gasteiger partial charge in [0.25, 0.3) is 0 Å². The normalized spacial score (nSPS) is 10.7. The molecular weight excluding hydrogens is 368 g/mol. The molecule has 20 heavy (non-hydrogen) atoms. The number of hydrogen-bond acceptors (Lipinski definition) is 2. The summed E-state index contributed by atoms with van der Waals surface area (Å²) >= 11 is 15.4. The SMILES string of the molecule is NCCc1cc(F)ccc1Oc1cc(Cl)c(Br)cc1Cl. The van der Waals surface area contributed by atoms with Crippen LogP contribution in [0.5, 0.6) is 11.5 Å². The summed E-state index contributed by atoms with van der Waals surface area (Å²) in [5.41, 5.74) is 6.20. The summed E-state index contributed by atoms with van der Waals surface area (Å²) in [6, 6.07) is 7.52. The van der Waals surface area contributed by atoms with Gasteiger partial charge in [0, 0.05) is 10.5 Å². The lowest BCUT2D eigenvalue weighted by atomic mass is 10.1. The highest BCUT2D eigenvalue weighted by Crippen LogP contribution is 2.37. The number of halogens is 4. The quantitative estimate of drug-likeness (QED) is 0.743. The molecule has 2 N–H and O–H groups in total. The molecule has 0 saturated heterocycles. The average molecular weight is 379 g/mol. The van der Waals surface area contributed by atoms with Gasteiger partial charge in [0.05, 0.1) is 10.0 Å². The molecule has 0 heterocycles. The van der Waals surface area contributed by atoms with E-state index in [0.717, 1.165) is 0 Å². The zero-order chi connectivity index (χ0) is 14.7. The number of benzene rings is 2. The van der Waals surface area contributed by atoms with Crippen molar-refractivity contribution in [2.75, 3.05) is 6.54 Å². The Labute approximate surface area is 134 Å². The number of nitrogens with two attached hydrogens (primary N) is 1. The Bertz CT molecular complexity index is 637. The molecule has 0 aliphatic heterocycles. The monoisotopic (exact) mass is 377 g/mol. The first-order valence-corrected chi connectivity index (χ1v) is 7.37. The van der Waals surface area contributed by atoms with Crippen molar-refractivity contribution >= 4 is 39.1 Å². The third-order valence-electron chi connectivity index (χ3n) is 2.63. The first kappa shape index (κ1) is 15.6. The minimum atomic E-state index is -0.333. The van der Waals surface area contributed by atoms with Gasteiger partial charge >= 0.3 is 0 Å². The fraction of sp³-hybridized carbons (Fsp3) is 0.143. The van der Waals surface area contributed by atoms with Crippen LogP contribution in [0.1, 0.15) is 5.56 Å². The van der Waals surface area contributed by atoms with Crippen molar-refractivity contribution < 1.29 is 9.13 Å². The van der Waals surface area contributed by atoms with Crippen molar-refractivity contribution in [3.63, 3.8) is 0 Å². The van der Waals surface area contributed by atoms with Crippen LogP contribution in [-0.4, -0.2) is 6.54 Å². The molecule has 0 aliphatic rings. The maximum Gasteiger partial charge on any atom is 0.147 e. The van der Waals surface area contributed by atoms with E-state index in [-0.39, 0.29) is 5.82 Å². The topological polar surface area (TPSA) is 35.2 Å². The van der Waals surface area contributed by atoms with Gasteiger partial charge in [-0.15, -0.1) is 0 Å². The zero-order valence-corrected chi connectivity index (χ0v) is 13.4. The van der Waals surface area contributed by atoms with Gasteiger partial charge in [0.15, 0.2) is 0 Å². The fourth-order valence-electron chi connectivity index (χ4n) is 1.70. The first-order chi connectivity index (χ1) is 9.51. The standard InChI is InChI=1S/C14H11BrCl2FNO/c15-10-6-12(17)14(7-11(10)16)20-13-2-1-9(18)5-8(13)3-4-19/h1-2,5-7H,3-4,19H2. The molecule has 2 rings (SSSR count). The molecule has 0 saturated carbocycles. The second kappa shape index (κ2) is 6.76. The van der Waals surface area contributed by atoms with Gasteiger partial charge in [-0.05, 0) is 58.7 Å². The Morgan fingerprint density at radius 3 is 2.55 bits per heavy atom. The van der Waals surface area contributed by atoms with Crippen molar-refractivity contribution in [1.82, 2.24) is 0 Å². The van der Waals surface area contributed by atoms with E-state index in [9.17, 15) is 4.39 Å². The number of ether oxygens (including phenoxy) is 1. The molecule has 0 atom stereocenters. The molecule has 0 fully saturated rings. The predicted octanol–water partition coefficient (Wildman–Crippen LogP) is 5.19. The molecule has 2 aromatic rings. The summed E-state index contributed by atoms with van der Waals surface area (Å²) in [5, 5.41) is 0.885. The van der Waals surface area contributed by atoms with Crippen molar-refractivity contribution in [2.45, 2.75) is 6.42 Å². The minimum absolute atomic E-state index is 0.333. The van der Waals surface area contributed by atoms with Gasteiger partial charge in [-0.2, -0.15) is 0 Å². The van der Waals surface area contributed by atoms with E-state index >= 15 is 0 Å². The second-order valence-corrected chi connectivity index (χ2v) is 5.76. The summed E-state index contributed by atoms with van der Waals surface area (Å²) in [6.07, 6.45) is 0.509. The van der Waals surface area contributed by atoms with E-state index < -0.39 is 0 Å². The van der Waals surface area contributed by atoms with E-state index in [4.69, 9.17) is 33.7 Å². The molecule has 0 aromatic heterocycles. The van der Waals surface area contributed by atoms with Gasteiger partial charge in [-0.25, -0.2) is 4.39 Å². The van der Waals surface area contributed by atoms with Crippen molar-refractivity contribution in [2.24, 2.45) is 5.73 Å². The maximum absolute atomic E-state index is 13.3. The van der Waals surface area contributed by atoms with Crippen LogP contribution in [0.15, 0.2) is 34.8 Å². The van der Waals surface area contributed by atoms with Crippen LogP contribution >= 0.6 is 39.1 Å². The lowest BCUT2D eigenvalue weighted by molar-refractivity contribution is 0.474. The maximum atomic E-state index is 13.3. The molecule has 0 bridgehead atoms. The van der Waals surface area contributed by atoms with E-state index in [2.05, 4.69) is 15.9 Å². The van der Waals surface area contributed by atoms with E-state index in [0.29, 0.717) is 44.5 Å². The molecule has 106 valence electrons. The Morgan fingerprint density at radius 2 is 1.85 bits per heavy atom. The molecule has 0 aliphatic carbocycles. The summed E-state index contributed by atoms with van der Waals surface area (Å²) < 4.78 is 19.7. The Hall–Kier alpha value is -0.810. The van der Waals surface area contributed by atoms with Crippen LogP contribution in [0.3, 0.4) is 0 Å². The van der Waals surface area contributed by atoms with Crippen LogP contribution in [-0.2, 0) is 6.42 Å². The minimum Gasteiger partial charge on any atom is -0.455 e.